The van der Waals surface area contributed by atoms with Crippen LogP contribution in [0, 0.1) is 0 Å². The van der Waals surface area contributed by atoms with E-state index in [1.54, 1.807) is 0 Å². The molecule has 0 bridgehead atoms. The fraction of sp³-hybridized carbons (Fsp3) is 0. The molecule has 0 aliphatic carbocycles. The second-order valence-electron chi connectivity index (χ2n) is 0. The zero-order chi connectivity index (χ0) is 0. The first-order valence-corrected chi connectivity index (χ1v) is 0. The first-order chi connectivity index (χ1) is 0. The fourth-order valence-electron chi connectivity index (χ4n) is 0. The predicted molar refractivity (Wildman–Crippen MR) is 0 cm³/mol. The molecule has 0 aliphatic heterocycles. The van der Waals surface area contributed by atoms with Gasteiger partial charge in [-0.25, -0.2) is 0 Å². The molecule has 0 aromatic rings. The Bertz CT molecular complexity index is 3.61. The third-order valence-electron chi connectivity index (χ3n) is 0. The van der Waals surface area contributed by atoms with E-state index in [0.29, 0.717) is 0 Å². The summed E-state index contributed by atoms with van der Waals surface area (Å²) in [5.41, 5.74) is 0. The van der Waals surface area contributed by atoms with Crippen LogP contribution in [-0.4, -0.2) is 0 Å². The number of halogens is 4. The zero-order valence-electron chi connectivity index (χ0n) is 2.01. The molecule has 0 saturated heterocycles. The Labute approximate surface area is 45.2 Å². The van der Waals surface area contributed by atoms with E-state index in [0.717, 1.165) is 0 Å². The van der Waals surface area contributed by atoms with Crippen molar-refractivity contribution in [3.8, 4) is 0 Å². The summed E-state index contributed by atoms with van der Waals surface area (Å²) in [5, 5.41) is 0. The summed E-state index contributed by atoms with van der Waals surface area (Å²) in [7, 11) is 0. The second-order valence-corrected chi connectivity index (χ2v) is 0. The largest absolute Gasteiger partial charge is 4.00 e. The van der Waals surface area contributed by atoms with Crippen molar-refractivity contribution in [3.63, 3.8) is 0 Å². The van der Waals surface area contributed by atoms with E-state index in [1.807, 2.05) is 0 Å². The van der Waals surface area contributed by atoms with Crippen molar-refractivity contribution in [3.05, 3.63) is 0 Å². The van der Waals surface area contributed by atoms with Crippen molar-refractivity contribution in [2.24, 2.45) is 0 Å². The topological polar surface area (TPSA) is 0 Å². The molecule has 0 aromatic carbocycles. The molecule has 5 heavy (non-hydrogen) atoms. The molecule has 0 saturated carbocycles. The van der Waals surface area contributed by atoms with Gasteiger partial charge >= 0.3 is 25.8 Å². The van der Waals surface area contributed by atoms with Crippen LogP contribution in [0.5, 0.6) is 0 Å². The van der Waals surface area contributed by atoms with Gasteiger partial charge in [0.15, 0.2) is 0 Å². The summed E-state index contributed by atoms with van der Waals surface area (Å²) in [6, 6.07) is 0. The average Bonchev–Trinajstić information content (AvgIpc) is 0. The summed E-state index contributed by atoms with van der Waals surface area (Å²) < 4.78 is 0. The Hall–Kier alpha value is 0.590. The van der Waals surface area contributed by atoms with Gasteiger partial charge in [0.25, 0.3) is 0 Å². The second kappa shape index (κ2) is 170. The molecular formula is F4Hf. The molecule has 0 atom stereocenters. The molecule has 32 valence electrons. The van der Waals surface area contributed by atoms with E-state index < -0.39 is 0 Å². The molecule has 0 heterocycles. The maximum absolute atomic E-state index is 0. The maximum Gasteiger partial charge on any atom is 4.00 e. The normalized spacial score (nSPS) is 0. The minimum absolute atomic E-state index is 0. The number of rotatable bonds is 0. The molecule has 0 unspecified atom stereocenters. The SMILES string of the molecule is [F-].[F-].[F-].[F-].[Hf+4]. The van der Waals surface area contributed by atoms with Gasteiger partial charge < -0.3 is 18.8 Å². The summed E-state index contributed by atoms with van der Waals surface area (Å²) in [6.45, 7) is 0. The van der Waals surface area contributed by atoms with Crippen LogP contribution in [0.4, 0.5) is 0 Å². The minimum Gasteiger partial charge on any atom is -1.00 e. The maximum atomic E-state index is 0. The van der Waals surface area contributed by atoms with Crippen LogP contribution in [0.15, 0.2) is 0 Å². The van der Waals surface area contributed by atoms with Gasteiger partial charge in [0.2, 0.25) is 0 Å². The minimum atomic E-state index is 0. The Morgan fingerprint density at radius 3 is 0.400 bits per heavy atom. The van der Waals surface area contributed by atoms with Crippen LogP contribution in [0.3, 0.4) is 0 Å². The molecule has 0 aliphatic rings. The third-order valence-corrected chi connectivity index (χ3v) is 0. The molecule has 0 fully saturated rings. The van der Waals surface area contributed by atoms with Crippen LogP contribution >= 0.6 is 0 Å². The van der Waals surface area contributed by atoms with Gasteiger partial charge in [0, 0.05) is 0 Å². The van der Waals surface area contributed by atoms with Gasteiger partial charge in [-0.15, -0.1) is 0 Å². The van der Waals surface area contributed by atoms with Crippen LogP contribution in [0.2, 0.25) is 0 Å². The van der Waals surface area contributed by atoms with Gasteiger partial charge in [-0.05, 0) is 0 Å². The van der Waals surface area contributed by atoms with Crippen molar-refractivity contribution < 1.29 is 44.7 Å². The van der Waals surface area contributed by atoms with E-state index in [-0.39, 0.29) is 44.7 Å². The summed E-state index contributed by atoms with van der Waals surface area (Å²) in [4.78, 5) is 0. The standard InChI is InChI=1S/4FH.Hf/h4*1H;/q;;;;+4/p-4. The van der Waals surface area contributed by atoms with Crippen LogP contribution in [0.1, 0.15) is 0 Å². The Morgan fingerprint density at radius 2 is 0.400 bits per heavy atom. The summed E-state index contributed by atoms with van der Waals surface area (Å²) in [6.07, 6.45) is 0. The van der Waals surface area contributed by atoms with Gasteiger partial charge in [0.1, 0.15) is 0 Å². The molecule has 0 radical (unpaired) electrons. The van der Waals surface area contributed by atoms with Crippen molar-refractivity contribution in [1.82, 2.24) is 0 Å². The number of hydrogen-bond acceptors (Lipinski definition) is 0. The smallest absolute Gasteiger partial charge is 1.00 e. The van der Waals surface area contributed by atoms with E-state index in [9.17, 15) is 0 Å². The Balaban J connectivity index is 0. The fourth-order valence-corrected chi connectivity index (χ4v) is 0. The number of hydrogen-bond donors (Lipinski definition) is 0. The molecule has 0 spiro atoms. The van der Waals surface area contributed by atoms with Crippen molar-refractivity contribution in [1.29, 1.82) is 0 Å². The van der Waals surface area contributed by atoms with Crippen LogP contribution in [0.25, 0.3) is 0 Å². The zero-order valence-corrected chi connectivity index (χ0v) is 5.60. The first-order valence-electron chi connectivity index (χ1n) is 0. The molecule has 0 amide bonds. The van der Waals surface area contributed by atoms with E-state index >= 15 is 0 Å². The van der Waals surface area contributed by atoms with Crippen molar-refractivity contribution in [2.75, 3.05) is 0 Å². The first kappa shape index (κ1) is 338. The average molecular weight is 254 g/mol. The summed E-state index contributed by atoms with van der Waals surface area (Å²) >= 11 is 0. The van der Waals surface area contributed by atoms with Crippen LogP contribution in [-0.2, 0) is 25.8 Å². The van der Waals surface area contributed by atoms with E-state index in [2.05, 4.69) is 0 Å². The Kier molecular flexibility index (Phi) is 11500. The molecular weight excluding hydrogens is 254 g/mol. The summed E-state index contributed by atoms with van der Waals surface area (Å²) in [5.74, 6) is 0. The van der Waals surface area contributed by atoms with E-state index in [1.165, 1.54) is 0 Å². The molecule has 0 aromatic heterocycles. The van der Waals surface area contributed by atoms with Crippen LogP contribution < -0.4 is 18.8 Å². The van der Waals surface area contributed by atoms with Gasteiger partial charge in [-0.1, -0.05) is 0 Å². The Morgan fingerprint density at radius 1 is 0.400 bits per heavy atom. The molecule has 0 nitrogen and oxygen atoms in total. The quantitative estimate of drug-likeness (QED) is 0.298. The van der Waals surface area contributed by atoms with E-state index in [4.69, 9.17) is 0 Å². The van der Waals surface area contributed by atoms with Crippen molar-refractivity contribution >= 4 is 0 Å². The van der Waals surface area contributed by atoms with Gasteiger partial charge in [-0.3, -0.25) is 0 Å². The van der Waals surface area contributed by atoms with Crippen molar-refractivity contribution in [2.45, 2.75) is 0 Å². The van der Waals surface area contributed by atoms with Gasteiger partial charge in [0.05, 0.1) is 0 Å². The monoisotopic (exact) mass is 256 g/mol. The third kappa shape index (κ3) is 88.4. The molecule has 0 rings (SSSR count). The van der Waals surface area contributed by atoms with Gasteiger partial charge in [-0.2, -0.15) is 0 Å². The molecule has 0 N–H and O–H groups in total. The predicted octanol–water partition coefficient (Wildman–Crippen LogP) is -12.0. The molecule has 5 heteroatoms.